The molecule has 0 unspecified atom stereocenters. The normalized spacial score (nSPS) is 11.8. The minimum atomic E-state index is 0.778. The van der Waals surface area contributed by atoms with Crippen molar-refractivity contribution in [3.63, 3.8) is 0 Å². The van der Waals surface area contributed by atoms with Crippen molar-refractivity contribution >= 4 is 5.57 Å². The van der Waals surface area contributed by atoms with Crippen LogP contribution in [0.5, 0.6) is 0 Å². The first-order valence-electron chi connectivity index (χ1n) is 6.17. The van der Waals surface area contributed by atoms with Crippen LogP contribution in [0.25, 0.3) is 5.57 Å². The predicted molar refractivity (Wildman–Crippen MR) is 74.2 cm³/mol. The molecule has 0 amide bonds. The van der Waals surface area contributed by atoms with Crippen LogP contribution >= 0.6 is 0 Å². The molecule has 0 heterocycles. The molecule has 2 nitrogen and oxygen atoms in total. The Labute approximate surface area is 105 Å². The average molecular weight is 233 g/mol. The summed E-state index contributed by atoms with van der Waals surface area (Å²) in [4.78, 5) is 0. The number of methoxy groups -OCH3 is 1. The van der Waals surface area contributed by atoms with Gasteiger partial charge in [0.2, 0.25) is 0 Å². The molecule has 0 aromatic heterocycles. The second-order valence-electron chi connectivity index (χ2n) is 4.28. The third-order valence-corrected chi connectivity index (χ3v) is 2.76. The molecule has 1 aromatic carbocycles. The van der Waals surface area contributed by atoms with E-state index in [9.17, 15) is 0 Å². The van der Waals surface area contributed by atoms with Crippen molar-refractivity contribution in [2.45, 2.75) is 20.3 Å². The van der Waals surface area contributed by atoms with Crippen LogP contribution in [0.2, 0.25) is 0 Å². The standard InChI is InChI=1S/C15H23NO/c1-13-6-8-15(9-7-13)14(2)5-4-10-16-11-12-17-3/h5-9,16H,4,10-12H2,1-3H3. The average Bonchev–Trinajstić information content (AvgIpc) is 2.34. The van der Waals surface area contributed by atoms with E-state index in [0.29, 0.717) is 0 Å². The van der Waals surface area contributed by atoms with E-state index in [-0.39, 0.29) is 0 Å². The summed E-state index contributed by atoms with van der Waals surface area (Å²) in [5, 5.41) is 3.33. The summed E-state index contributed by atoms with van der Waals surface area (Å²) < 4.78 is 4.97. The van der Waals surface area contributed by atoms with Gasteiger partial charge in [0.25, 0.3) is 0 Å². The molecule has 0 radical (unpaired) electrons. The molecule has 0 aliphatic rings. The third-order valence-electron chi connectivity index (χ3n) is 2.76. The molecule has 0 atom stereocenters. The van der Waals surface area contributed by atoms with E-state index in [1.54, 1.807) is 7.11 Å². The van der Waals surface area contributed by atoms with Crippen LogP contribution in [0.3, 0.4) is 0 Å². The van der Waals surface area contributed by atoms with Crippen LogP contribution in [0.1, 0.15) is 24.5 Å². The van der Waals surface area contributed by atoms with Crippen LogP contribution in [0.15, 0.2) is 30.3 Å². The van der Waals surface area contributed by atoms with Crippen molar-refractivity contribution in [1.82, 2.24) is 5.32 Å². The maximum absolute atomic E-state index is 4.97. The second-order valence-corrected chi connectivity index (χ2v) is 4.28. The number of hydrogen-bond acceptors (Lipinski definition) is 2. The number of nitrogens with one attached hydrogen (secondary N) is 1. The quantitative estimate of drug-likeness (QED) is 0.731. The lowest BCUT2D eigenvalue weighted by Crippen LogP contribution is -2.19. The van der Waals surface area contributed by atoms with Crippen LogP contribution in [-0.2, 0) is 4.74 Å². The summed E-state index contributed by atoms with van der Waals surface area (Å²) in [6, 6.07) is 8.67. The van der Waals surface area contributed by atoms with Crippen LogP contribution < -0.4 is 5.32 Å². The lowest BCUT2D eigenvalue weighted by Gasteiger charge is -2.04. The molecular weight excluding hydrogens is 210 g/mol. The Balaban J connectivity index is 2.31. The van der Waals surface area contributed by atoms with Gasteiger partial charge in [0.15, 0.2) is 0 Å². The van der Waals surface area contributed by atoms with Gasteiger partial charge in [0, 0.05) is 13.7 Å². The van der Waals surface area contributed by atoms with E-state index in [4.69, 9.17) is 4.74 Å². The van der Waals surface area contributed by atoms with Gasteiger partial charge < -0.3 is 10.1 Å². The highest BCUT2D eigenvalue weighted by atomic mass is 16.5. The van der Waals surface area contributed by atoms with E-state index in [2.05, 4.69) is 49.5 Å². The first kappa shape index (κ1) is 13.9. The second kappa shape index (κ2) is 8.04. The number of allylic oxidation sites excluding steroid dienone is 1. The van der Waals surface area contributed by atoms with Crippen LogP contribution in [0, 0.1) is 6.92 Å². The Morgan fingerprint density at radius 1 is 1.24 bits per heavy atom. The summed E-state index contributed by atoms with van der Waals surface area (Å²) in [6.07, 6.45) is 3.34. The summed E-state index contributed by atoms with van der Waals surface area (Å²) in [5.74, 6) is 0. The van der Waals surface area contributed by atoms with Crippen molar-refractivity contribution in [3.8, 4) is 0 Å². The molecule has 0 aliphatic carbocycles. The zero-order valence-corrected chi connectivity index (χ0v) is 11.1. The topological polar surface area (TPSA) is 21.3 Å². The van der Waals surface area contributed by atoms with Crippen molar-refractivity contribution < 1.29 is 4.74 Å². The number of aryl methyl sites for hydroxylation is 1. The minimum Gasteiger partial charge on any atom is -0.383 e. The maximum Gasteiger partial charge on any atom is 0.0587 e. The highest BCUT2D eigenvalue weighted by Gasteiger charge is 1.94. The lowest BCUT2D eigenvalue weighted by atomic mass is 10.0. The molecule has 0 aliphatic heterocycles. The van der Waals surface area contributed by atoms with Crippen molar-refractivity contribution in [2.24, 2.45) is 0 Å². The van der Waals surface area contributed by atoms with E-state index in [1.165, 1.54) is 16.7 Å². The fourth-order valence-corrected chi connectivity index (χ4v) is 1.62. The Bertz CT molecular complexity index is 340. The Morgan fingerprint density at radius 3 is 2.59 bits per heavy atom. The number of rotatable bonds is 7. The predicted octanol–water partition coefficient (Wildman–Crippen LogP) is 3.02. The van der Waals surface area contributed by atoms with E-state index in [1.807, 2.05) is 0 Å². The fraction of sp³-hybridized carbons (Fsp3) is 0.467. The van der Waals surface area contributed by atoms with E-state index in [0.717, 1.165) is 26.1 Å². The smallest absolute Gasteiger partial charge is 0.0587 e. The molecule has 0 bridgehead atoms. The van der Waals surface area contributed by atoms with Crippen LogP contribution in [-0.4, -0.2) is 26.8 Å². The molecule has 2 heteroatoms. The minimum absolute atomic E-state index is 0.778. The third kappa shape index (κ3) is 5.66. The molecule has 17 heavy (non-hydrogen) atoms. The highest BCUT2D eigenvalue weighted by Crippen LogP contribution is 2.14. The highest BCUT2D eigenvalue weighted by molar-refractivity contribution is 5.63. The summed E-state index contributed by atoms with van der Waals surface area (Å²) in [7, 11) is 1.73. The Kier molecular flexibility index (Phi) is 6.60. The Morgan fingerprint density at radius 2 is 1.94 bits per heavy atom. The molecule has 0 fully saturated rings. The number of benzene rings is 1. The monoisotopic (exact) mass is 233 g/mol. The fourth-order valence-electron chi connectivity index (χ4n) is 1.62. The van der Waals surface area contributed by atoms with E-state index < -0.39 is 0 Å². The van der Waals surface area contributed by atoms with Crippen molar-refractivity contribution in [2.75, 3.05) is 26.8 Å². The zero-order valence-electron chi connectivity index (χ0n) is 11.1. The van der Waals surface area contributed by atoms with Gasteiger partial charge in [-0.05, 0) is 37.9 Å². The summed E-state index contributed by atoms with van der Waals surface area (Å²) in [6.45, 7) is 6.99. The molecule has 1 N–H and O–H groups in total. The zero-order chi connectivity index (χ0) is 12.5. The maximum atomic E-state index is 4.97. The van der Waals surface area contributed by atoms with Gasteiger partial charge in [-0.25, -0.2) is 0 Å². The van der Waals surface area contributed by atoms with E-state index >= 15 is 0 Å². The van der Waals surface area contributed by atoms with Gasteiger partial charge in [-0.2, -0.15) is 0 Å². The Hall–Kier alpha value is -1.12. The van der Waals surface area contributed by atoms with Gasteiger partial charge in [0.1, 0.15) is 0 Å². The van der Waals surface area contributed by atoms with Gasteiger partial charge in [-0.3, -0.25) is 0 Å². The van der Waals surface area contributed by atoms with Gasteiger partial charge in [0.05, 0.1) is 6.61 Å². The molecule has 0 saturated heterocycles. The largest absolute Gasteiger partial charge is 0.383 e. The number of hydrogen-bond donors (Lipinski definition) is 1. The SMILES string of the molecule is COCCNCCC=C(C)c1ccc(C)cc1. The lowest BCUT2D eigenvalue weighted by molar-refractivity contribution is 0.199. The molecule has 0 spiro atoms. The van der Waals surface area contributed by atoms with Crippen molar-refractivity contribution in [1.29, 1.82) is 0 Å². The molecular formula is C15H23NO. The van der Waals surface area contributed by atoms with Gasteiger partial charge in [-0.15, -0.1) is 0 Å². The first-order valence-corrected chi connectivity index (χ1v) is 6.17. The van der Waals surface area contributed by atoms with Crippen molar-refractivity contribution in [3.05, 3.63) is 41.5 Å². The first-order chi connectivity index (χ1) is 8.24. The molecule has 94 valence electrons. The van der Waals surface area contributed by atoms with Gasteiger partial charge in [-0.1, -0.05) is 35.9 Å². The molecule has 1 aromatic rings. The molecule has 0 saturated carbocycles. The summed E-state index contributed by atoms with van der Waals surface area (Å²) >= 11 is 0. The number of ether oxygens (including phenoxy) is 1. The van der Waals surface area contributed by atoms with Gasteiger partial charge >= 0.3 is 0 Å². The molecule has 1 rings (SSSR count). The van der Waals surface area contributed by atoms with Crippen LogP contribution in [0.4, 0.5) is 0 Å². The summed E-state index contributed by atoms with van der Waals surface area (Å²) in [5.41, 5.74) is 3.97.